The summed E-state index contributed by atoms with van der Waals surface area (Å²) >= 11 is 0.198. The molecule has 2 aromatic rings. The maximum absolute atomic E-state index is 13.1. The van der Waals surface area contributed by atoms with Gasteiger partial charge in [0.15, 0.2) is 0 Å². The topological polar surface area (TPSA) is 69.7 Å². The van der Waals surface area contributed by atoms with Crippen LogP contribution in [0.2, 0.25) is 18.1 Å². The molecule has 0 saturated heterocycles. The number of aromatic nitrogens is 1. The molecule has 196 valence electrons. The Kier molecular flexibility index (Phi) is 9.44. The Morgan fingerprint density at radius 1 is 1.14 bits per heavy atom. The third-order valence-electron chi connectivity index (χ3n) is 7.32. The van der Waals surface area contributed by atoms with Crippen LogP contribution in [0.15, 0.2) is 54.3 Å². The number of hydrogen-bond donors (Lipinski definition) is 1. The first-order valence-electron chi connectivity index (χ1n) is 12.4. The molecule has 0 fully saturated rings. The normalized spacial score (nSPS) is 20.4. The molecule has 1 heterocycles. The molecular formula is C28H40N2O4SeSi. The summed E-state index contributed by atoms with van der Waals surface area (Å²) in [6.45, 7) is 11.2. The quantitative estimate of drug-likeness (QED) is 0.354. The van der Waals surface area contributed by atoms with Gasteiger partial charge in [0.2, 0.25) is 0 Å². The summed E-state index contributed by atoms with van der Waals surface area (Å²) in [5.74, 6) is 0.796. The summed E-state index contributed by atoms with van der Waals surface area (Å²) in [7, 11) is 2.93. The van der Waals surface area contributed by atoms with Gasteiger partial charge in [0, 0.05) is 0 Å². The summed E-state index contributed by atoms with van der Waals surface area (Å²) in [4.78, 5) is 18.0. The second-order valence-corrected chi connectivity index (χ2v) is 17.6. The van der Waals surface area contributed by atoms with Crippen LogP contribution in [0.1, 0.15) is 44.4 Å². The van der Waals surface area contributed by atoms with Crippen LogP contribution in [-0.2, 0) is 19.3 Å². The molecule has 3 atom stereocenters. The summed E-state index contributed by atoms with van der Waals surface area (Å²) in [5, 5.41) is 4.22. The number of likely N-dealkylation sites (N-methyl/N-ethyl adjacent to an activating group) is 1. The molecule has 8 heteroatoms. The molecule has 36 heavy (non-hydrogen) atoms. The van der Waals surface area contributed by atoms with Crippen molar-refractivity contribution in [3.8, 4) is 5.88 Å². The zero-order valence-electron chi connectivity index (χ0n) is 22.8. The number of carbonyl (C=O) groups is 1. The molecular weight excluding hydrogens is 535 g/mol. The fraction of sp³-hybridized carbons (Fsp3) is 0.500. The van der Waals surface area contributed by atoms with Gasteiger partial charge in [-0.3, -0.25) is 0 Å². The zero-order valence-corrected chi connectivity index (χ0v) is 25.5. The van der Waals surface area contributed by atoms with Crippen LogP contribution in [-0.4, -0.2) is 61.5 Å². The number of benzene rings is 1. The third-order valence-corrected chi connectivity index (χ3v) is 13.8. The third kappa shape index (κ3) is 6.60. The Balaban J connectivity index is 2.04. The van der Waals surface area contributed by atoms with Crippen molar-refractivity contribution >= 4 is 33.7 Å². The molecule has 1 N–H and O–H groups in total. The summed E-state index contributed by atoms with van der Waals surface area (Å²) < 4.78 is 18.8. The number of rotatable bonds is 9. The Morgan fingerprint density at radius 2 is 1.83 bits per heavy atom. The Bertz CT molecular complexity index is 1070. The van der Waals surface area contributed by atoms with E-state index < -0.39 is 8.32 Å². The predicted octanol–water partition coefficient (Wildman–Crippen LogP) is 4.39. The first-order valence-corrected chi connectivity index (χ1v) is 17.3. The average molecular weight is 576 g/mol. The van der Waals surface area contributed by atoms with Crippen molar-refractivity contribution in [2.45, 2.75) is 62.6 Å². The van der Waals surface area contributed by atoms with Gasteiger partial charge in [-0.2, -0.15) is 0 Å². The molecule has 0 saturated carbocycles. The number of methoxy groups -OCH3 is 2. The molecule has 1 aliphatic carbocycles. The van der Waals surface area contributed by atoms with Gasteiger partial charge in [0.05, 0.1) is 0 Å². The number of carbonyl (C=O) groups excluding carboxylic acids is 1. The van der Waals surface area contributed by atoms with Crippen LogP contribution < -0.4 is 14.5 Å². The molecule has 6 nitrogen and oxygen atoms in total. The van der Waals surface area contributed by atoms with E-state index in [2.05, 4.69) is 75.6 Å². The number of hydrogen-bond acceptors (Lipinski definition) is 6. The molecule has 1 aromatic carbocycles. The first kappa shape index (κ1) is 28.4. The van der Waals surface area contributed by atoms with E-state index in [1.807, 2.05) is 19.2 Å². The van der Waals surface area contributed by atoms with Crippen molar-refractivity contribution in [3.05, 3.63) is 65.6 Å². The minimum atomic E-state index is -2.06. The number of ether oxygens (including phenoxy) is 2. The van der Waals surface area contributed by atoms with Gasteiger partial charge in [-0.15, -0.1) is 0 Å². The SMILES string of the molecule is CN[C@@H]1C=C(O[Si](C)(C)C(C)(C)C)C[C@H](c2ccc(OC)nc2C[Se]c2ccccc2)[C@H]1C(=O)OC. The van der Waals surface area contributed by atoms with Gasteiger partial charge in [0.25, 0.3) is 0 Å². The summed E-state index contributed by atoms with van der Waals surface area (Å²) in [6, 6.07) is 14.2. The van der Waals surface area contributed by atoms with Crippen molar-refractivity contribution in [2.24, 2.45) is 5.92 Å². The molecule has 3 rings (SSSR count). The van der Waals surface area contributed by atoms with Crippen LogP contribution in [0.3, 0.4) is 0 Å². The number of nitrogens with one attached hydrogen (secondary N) is 1. The van der Waals surface area contributed by atoms with Gasteiger partial charge < -0.3 is 0 Å². The van der Waals surface area contributed by atoms with Crippen molar-refractivity contribution < 1.29 is 18.7 Å². The van der Waals surface area contributed by atoms with Crippen LogP contribution >= 0.6 is 0 Å². The number of allylic oxidation sites excluding steroid dienone is 1. The van der Waals surface area contributed by atoms with E-state index in [1.54, 1.807) is 7.11 Å². The maximum atomic E-state index is 13.1. The molecule has 0 spiro atoms. The van der Waals surface area contributed by atoms with Gasteiger partial charge in [-0.05, 0) is 0 Å². The predicted molar refractivity (Wildman–Crippen MR) is 148 cm³/mol. The summed E-state index contributed by atoms with van der Waals surface area (Å²) in [6.07, 6.45) is 2.72. The van der Waals surface area contributed by atoms with Crippen LogP contribution in [0.5, 0.6) is 5.88 Å². The fourth-order valence-corrected chi connectivity index (χ4v) is 7.23. The molecule has 0 bridgehead atoms. The fourth-order valence-electron chi connectivity index (χ4n) is 4.26. The molecule has 0 amide bonds. The zero-order chi connectivity index (χ0) is 26.5. The van der Waals surface area contributed by atoms with Gasteiger partial charge in [0.1, 0.15) is 0 Å². The van der Waals surface area contributed by atoms with E-state index >= 15 is 0 Å². The average Bonchev–Trinajstić information content (AvgIpc) is 2.86. The van der Waals surface area contributed by atoms with Crippen molar-refractivity contribution in [2.75, 3.05) is 21.3 Å². The van der Waals surface area contributed by atoms with Gasteiger partial charge in [-0.25, -0.2) is 0 Å². The van der Waals surface area contributed by atoms with Crippen molar-refractivity contribution in [1.82, 2.24) is 10.3 Å². The summed E-state index contributed by atoms with van der Waals surface area (Å²) in [5.41, 5.74) is 2.04. The van der Waals surface area contributed by atoms with E-state index in [1.165, 1.54) is 11.6 Å². The van der Waals surface area contributed by atoms with E-state index in [0.717, 1.165) is 22.3 Å². The van der Waals surface area contributed by atoms with E-state index in [4.69, 9.17) is 18.9 Å². The van der Waals surface area contributed by atoms with E-state index in [0.29, 0.717) is 12.3 Å². The second kappa shape index (κ2) is 11.9. The number of esters is 1. The van der Waals surface area contributed by atoms with Crippen LogP contribution in [0, 0.1) is 5.92 Å². The van der Waals surface area contributed by atoms with Crippen molar-refractivity contribution in [1.29, 1.82) is 0 Å². The minimum absolute atomic E-state index is 0.0721. The first-order chi connectivity index (χ1) is 17.0. The Hall–Kier alpha value is -2.12. The second-order valence-electron chi connectivity index (χ2n) is 10.7. The molecule has 1 aliphatic rings. The monoisotopic (exact) mass is 576 g/mol. The van der Waals surface area contributed by atoms with Crippen LogP contribution in [0.4, 0.5) is 0 Å². The van der Waals surface area contributed by atoms with Gasteiger partial charge in [-0.1, -0.05) is 0 Å². The Morgan fingerprint density at radius 3 is 2.42 bits per heavy atom. The van der Waals surface area contributed by atoms with Crippen molar-refractivity contribution in [3.63, 3.8) is 0 Å². The van der Waals surface area contributed by atoms with E-state index in [-0.39, 0.29) is 43.8 Å². The number of nitrogens with zero attached hydrogens (tertiary/aromatic N) is 1. The molecule has 0 aliphatic heterocycles. The standard InChI is InChI=1S/C28H40N2O4SeSi/c1-28(2,3)36(7,8)34-19-16-22(26(27(31)33-6)23(17-19)29-4)21-14-15-25(32-5)30-24(21)18-35-20-12-10-9-11-13-20/h9-15,17,22-23,26,29H,16,18H2,1-8H3/t22-,23-,26-/m1/s1. The number of pyridine rings is 1. The molecule has 0 unspecified atom stereocenters. The van der Waals surface area contributed by atoms with Crippen LogP contribution in [0.25, 0.3) is 0 Å². The van der Waals surface area contributed by atoms with E-state index in [9.17, 15) is 4.79 Å². The van der Waals surface area contributed by atoms with Gasteiger partial charge >= 0.3 is 224 Å². The Labute approximate surface area is 223 Å². The molecule has 1 aromatic heterocycles. The molecule has 0 radical (unpaired) electrons.